The molecular weight excluding hydrogens is 228 g/mol. The molecule has 1 saturated carbocycles. The summed E-state index contributed by atoms with van der Waals surface area (Å²) in [5.41, 5.74) is 4.25. The second kappa shape index (κ2) is 4.76. The van der Waals surface area contributed by atoms with E-state index in [1.165, 1.54) is 44.9 Å². The lowest BCUT2D eigenvalue weighted by molar-refractivity contribution is 0.0597. The maximum absolute atomic E-state index is 12.0. The van der Waals surface area contributed by atoms with Crippen molar-refractivity contribution < 1.29 is 9.53 Å². The Morgan fingerprint density at radius 3 is 2.72 bits per heavy atom. The first-order valence-corrected chi connectivity index (χ1v) is 6.84. The first-order chi connectivity index (χ1) is 8.81. The molecule has 0 amide bonds. The minimum Gasteiger partial charge on any atom is -0.465 e. The molecule has 2 aliphatic rings. The largest absolute Gasteiger partial charge is 0.465 e. The molecule has 4 nitrogen and oxygen atoms in total. The molecule has 0 unspecified atom stereocenters. The van der Waals surface area contributed by atoms with Crippen LogP contribution in [0.25, 0.3) is 0 Å². The van der Waals surface area contributed by atoms with Gasteiger partial charge in [0.2, 0.25) is 0 Å². The van der Waals surface area contributed by atoms with Gasteiger partial charge in [0, 0.05) is 30.0 Å². The van der Waals surface area contributed by atoms with Crippen molar-refractivity contribution in [2.45, 2.75) is 51.1 Å². The van der Waals surface area contributed by atoms with E-state index in [1.54, 1.807) is 0 Å². The number of fused-ring (bicyclic) bond motifs is 1. The molecule has 4 heteroatoms. The van der Waals surface area contributed by atoms with Gasteiger partial charge in [-0.25, -0.2) is 4.79 Å². The maximum atomic E-state index is 12.0. The van der Waals surface area contributed by atoms with Crippen molar-refractivity contribution >= 4 is 5.97 Å². The number of carbonyl (C=O) groups excluding carboxylic acids is 1. The highest BCUT2D eigenvalue weighted by Gasteiger charge is 2.30. The van der Waals surface area contributed by atoms with Gasteiger partial charge in [-0.05, 0) is 18.8 Å². The van der Waals surface area contributed by atoms with E-state index in [2.05, 4.69) is 10.3 Å². The molecule has 1 aromatic rings. The van der Waals surface area contributed by atoms with Crippen LogP contribution in [0.15, 0.2) is 0 Å². The smallest absolute Gasteiger partial charge is 0.340 e. The lowest BCUT2D eigenvalue weighted by atomic mass is 9.85. The Morgan fingerprint density at radius 2 is 2.00 bits per heavy atom. The summed E-state index contributed by atoms with van der Waals surface area (Å²) in [7, 11) is 1.47. The van der Waals surface area contributed by atoms with Gasteiger partial charge in [-0.3, -0.25) is 0 Å². The summed E-state index contributed by atoms with van der Waals surface area (Å²) >= 11 is 0. The Morgan fingerprint density at radius 1 is 1.22 bits per heavy atom. The van der Waals surface area contributed by atoms with Crippen LogP contribution in [0.3, 0.4) is 0 Å². The quantitative estimate of drug-likeness (QED) is 0.790. The Bertz CT molecular complexity index is 459. The van der Waals surface area contributed by atoms with Gasteiger partial charge in [-0.1, -0.05) is 19.3 Å². The molecule has 18 heavy (non-hydrogen) atoms. The molecule has 1 aromatic heterocycles. The molecule has 2 N–H and O–H groups in total. The summed E-state index contributed by atoms with van der Waals surface area (Å²) in [6.45, 7) is 1.62. The van der Waals surface area contributed by atoms with Gasteiger partial charge in [-0.15, -0.1) is 0 Å². The monoisotopic (exact) mass is 248 g/mol. The lowest BCUT2D eigenvalue weighted by Crippen LogP contribution is -2.14. The summed E-state index contributed by atoms with van der Waals surface area (Å²) in [5, 5.41) is 3.28. The number of H-pyrrole nitrogens is 1. The van der Waals surface area contributed by atoms with Crippen LogP contribution in [0.1, 0.15) is 65.3 Å². The normalized spacial score (nSPS) is 19.8. The summed E-state index contributed by atoms with van der Waals surface area (Å²) in [6.07, 6.45) is 6.25. The number of carbonyl (C=O) groups is 1. The molecule has 0 aromatic carbocycles. The number of nitrogens with one attached hydrogen (secondary N) is 2. The first-order valence-electron chi connectivity index (χ1n) is 6.84. The van der Waals surface area contributed by atoms with Crippen LogP contribution in [0.4, 0.5) is 0 Å². The van der Waals surface area contributed by atoms with Crippen molar-refractivity contribution in [2.24, 2.45) is 0 Å². The molecule has 0 atom stereocenters. The van der Waals surface area contributed by atoms with Gasteiger partial charge in [0.1, 0.15) is 0 Å². The van der Waals surface area contributed by atoms with Crippen LogP contribution in [0, 0.1) is 0 Å². The summed E-state index contributed by atoms with van der Waals surface area (Å²) in [6, 6.07) is 0. The molecule has 98 valence electrons. The van der Waals surface area contributed by atoms with Crippen molar-refractivity contribution in [1.82, 2.24) is 10.3 Å². The number of aromatic amines is 1. The van der Waals surface area contributed by atoms with Crippen LogP contribution >= 0.6 is 0 Å². The molecule has 1 aliphatic heterocycles. The minimum absolute atomic E-state index is 0.184. The predicted molar refractivity (Wildman–Crippen MR) is 68.5 cm³/mol. The fourth-order valence-corrected chi connectivity index (χ4v) is 3.31. The zero-order chi connectivity index (χ0) is 12.5. The van der Waals surface area contributed by atoms with Gasteiger partial charge in [-0.2, -0.15) is 0 Å². The van der Waals surface area contributed by atoms with Crippen molar-refractivity contribution in [3.8, 4) is 0 Å². The summed E-state index contributed by atoms with van der Waals surface area (Å²) in [4.78, 5) is 15.5. The van der Waals surface area contributed by atoms with Crippen molar-refractivity contribution in [3.63, 3.8) is 0 Å². The fraction of sp³-hybridized carbons (Fsp3) is 0.643. The number of hydrogen-bond acceptors (Lipinski definition) is 3. The van der Waals surface area contributed by atoms with Crippen LogP contribution in [0.5, 0.6) is 0 Å². The number of methoxy groups -OCH3 is 1. The van der Waals surface area contributed by atoms with Crippen LogP contribution in [-0.4, -0.2) is 18.1 Å². The van der Waals surface area contributed by atoms with Gasteiger partial charge in [0.05, 0.1) is 12.7 Å². The lowest BCUT2D eigenvalue weighted by Gasteiger charge is -2.22. The van der Waals surface area contributed by atoms with E-state index in [-0.39, 0.29) is 5.97 Å². The second-order valence-electron chi connectivity index (χ2n) is 5.30. The fourth-order valence-electron chi connectivity index (χ4n) is 3.31. The number of rotatable bonds is 2. The van der Waals surface area contributed by atoms with E-state index in [0.717, 1.165) is 29.9 Å². The maximum Gasteiger partial charge on any atom is 0.340 e. The number of aromatic nitrogens is 1. The third kappa shape index (κ3) is 1.85. The average molecular weight is 248 g/mol. The first kappa shape index (κ1) is 11.8. The zero-order valence-electron chi connectivity index (χ0n) is 10.8. The Balaban J connectivity index is 2.00. The molecule has 0 saturated heterocycles. The molecule has 2 heterocycles. The standard InChI is InChI=1S/C14H20N2O2/c1-18-14(17)12-10-7-15-8-11(10)16-13(12)9-5-3-2-4-6-9/h9,15-16H,2-8H2,1H3. The van der Waals surface area contributed by atoms with Crippen molar-refractivity contribution in [1.29, 1.82) is 0 Å². The molecule has 0 bridgehead atoms. The van der Waals surface area contributed by atoms with E-state index in [1.807, 2.05) is 0 Å². The van der Waals surface area contributed by atoms with E-state index in [4.69, 9.17) is 4.74 Å². The molecule has 3 rings (SSSR count). The van der Waals surface area contributed by atoms with E-state index >= 15 is 0 Å². The van der Waals surface area contributed by atoms with Gasteiger partial charge in [0.25, 0.3) is 0 Å². The highest BCUT2D eigenvalue weighted by molar-refractivity contribution is 5.93. The molecule has 1 aliphatic carbocycles. The third-order valence-corrected chi connectivity index (χ3v) is 4.23. The predicted octanol–water partition coefficient (Wildman–Crippen LogP) is 2.45. The average Bonchev–Trinajstić information content (AvgIpc) is 2.98. The number of esters is 1. The Kier molecular flexibility index (Phi) is 3.12. The third-order valence-electron chi connectivity index (χ3n) is 4.23. The molecular formula is C14H20N2O2. The van der Waals surface area contributed by atoms with E-state index in [0.29, 0.717) is 5.92 Å². The number of ether oxygens (including phenoxy) is 1. The second-order valence-corrected chi connectivity index (χ2v) is 5.30. The number of hydrogen-bond donors (Lipinski definition) is 2. The minimum atomic E-state index is -0.184. The van der Waals surface area contributed by atoms with E-state index in [9.17, 15) is 4.79 Å². The van der Waals surface area contributed by atoms with Crippen LogP contribution < -0.4 is 5.32 Å². The topological polar surface area (TPSA) is 54.1 Å². The van der Waals surface area contributed by atoms with E-state index < -0.39 is 0 Å². The van der Waals surface area contributed by atoms with Crippen LogP contribution in [0.2, 0.25) is 0 Å². The SMILES string of the molecule is COC(=O)c1c(C2CCCCC2)[nH]c2c1CNC2. The van der Waals surface area contributed by atoms with Gasteiger partial charge >= 0.3 is 5.97 Å². The molecule has 0 radical (unpaired) electrons. The van der Waals surface area contributed by atoms with Gasteiger partial charge < -0.3 is 15.0 Å². The molecule has 1 fully saturated rings. The Labute approximate surface area is 107 Å². The van der Waals surface area contributed by atoms with Crippen LogP contribution in [-0.2, 0) is 17.8 Å². The molecule has 0 spiro atoms. The summed E-state index contributed by atoms with van der Waals surface area (Å²) in [5.74, 6) is 0.329. The zero-order valence-corrected chi connectivity index (χ0v) is 10.8. The highest BCUT2D eigenvalue weighted by Crippen LogP contribution is 2.37. The van der Waals surface area contributed by atoms with Crippen molar-refractivity contribution in [2.75, 3.05) is 7.11 Å². The summed E-state index contributed by atoms with van der Waals surface area (Å²) < 4.78 is 4.96. The van der Waals surface area contributed by atoms with Gasteiger partial charge in [0.15, 0.2) is 0 Å². The van der Waals surface area contributed by atoms with Crippen molar-refractivity contribution in [3.05, 3.63) is 22.5 Å². The highest BCUT2D eigenvalue weighted by atomic mass is 16.5. The Hall–Kier alpha value is -1.29.